The molecule has 5 nitrogen and oxygen atoms in total. The van der Waals surface area contributed by atoms with E-state index in [1.165, 1.54) is 6.08 Å². The van der Waals surface area contributed by atoms with Gasteiger partial charge in [-0.25, -0.2) is 0 Å². The summed E-state index contributed by atoms with van der Waals surface area (Å²) in [6.45, 7) is 2.87. The number of benzene rings is 1. The molecule has 1 aromatic carbocycles. The van der Waals surface area contributed by atoms with E-state index in [0.29, 0.717) is 33.0 Å². The molecule has 2 aromatic heterocycles. The number of ether oxygens (including phenoxy) is 1. The van der Waals surface area contributed by atoms with Crippen LogP contribution in [-0.2, 0) is 13.2 Å². The molecule has 0 saturated carbocycles. The first-order valence-electron chi connectivity index (χ1n) is 7.97. The van der Waals surface area contributed by atoms with E-state index in [4.69, 9.17) is 32.4 Å². The van der Waals surface area contributed by atoms with Gasteiger partial charge in [0.05, 0.1) is 5.02 Å². The Kier molecular flexibility index (Phi) is 5.81. The zero-order chi connectivity index (χ0) is 18.5. The van der Waals surface area contributed by atoms with Crippen LogP contribution < -0.4 is 4.74 Å². The maximum absolute atomic E-state index is 12.1. The predicted octanol–water partition coefficient (Wildman–Crippen LogP) is 5.28. The van der Waals surface area contributed by atoms with Gasteiger partial charge in [-0.1, -0.05) is 23.2 Å². The zero-order valence-electron chi connectivity index (χ0n) is 14.0. The molecule has 0 fully saturated rings. The van der Waals surface area contributed by atoms with E-state index in [9.17, 15) is 4.79 Å². The number of hydrogen-bond acceptors (Lipinski definition) is 4. The van der Waals surface area contributed by atoms with Crippen molar-refractivity contribution in [2.75, 3.05) is 0 Å². The van der Waals surface area contributed by atoms with Gasteiger partial charge in [-0.2, -0.15) is 5.10 Å². The van der Waals surface area contributed by atoms with Gasteiger partial charge >= 0.3 is 0 Å². The molecule has 2 heterocycles. The number of rotatable bonds is 7. The van der Waals surface area contributed by atoms with Crippen molar-refractivity contribution in [3.63, 3.8) is 0 Å². The van der Waals surface area contributed by atoms with Gasteiger partial charge in [-0.15, -0.1) is 0 Å². The standard InChI is InChI=1S/C19H16Cl2N2O3/c1-2-23-10-9-17(22-23)18(24)8-6-14-4-5-15(26-14)12-25-19-11-13(20)3-7-16(19)21/h3-11H,2,12H2,1H3/b8-6+. The van der Waals surface area contributed by atoms with E-state index in [-0.39, 0.29) is 12.4 Å². The highest BCUT2D eigenvalue weighted by Gasteiger charge is 2.08. The van der Waals surface area contributed by atoms with Crippen molar-refractivity contribution in [2.24, 2.45) is 0 Å². The number of ketones is 1. The molecule has 0 aliphatic carbocycles. The van der Waals surface area contributed by atoms with Crippen molar-refractivity contribution in [3.8, 4) is 5.75 Å². The summed E-state index contributed by atoms with van der Waals surface area (Å²) in [6, 6.07) is 10.2. The van der Waals surface area contributed by atoms with Crippen molar-refractivity contribution in [3.05, 3.63) is 75.9 Å². The molecule has 7 heteroatoms. The van der Waals surface area contributed by atoms with Crippen LogP contribution in [0.15, 0.2) is 53.1 Å². The van der Waals surface area contributed by atoms with Crippen LogP contribution in [0.4, 0.5) is 0 Å². The normalized spacial score (nSPS) is 11.2. The molecule has 0 bridgehead atoms. The van der Waals surface area contributed by atoms with Crippen LogP contribution in [0.3, 0.4) is 0 Å². The minimum atomic E-state index is -0.183. The second-order valence-corrected chi connectivity index (χ2v) is 6.27. The summed E-state index contributed by atoms with van der Waals surface area (Å²) in [5.41, 5.74) is 0.397. The number of hydrogen-bond donors (Lipinski definition) is 0. The predicted molar refractivity (Wildman–Crippen MR) is 101 cm³/mol. The molecule has 3 rings (SSSR count). The molecular weight excluding hydrogens is 375 g/mol. The summed E-state index contributed by atoms with van der Waals surface area (Å²) >= 11 is 12.0. The lowest BCUT2D eigenvalue weighted by molar-refractivity contribution is 0.104. The highest BCUT2D eigenvalue weighted by Crippen LogP contribution is 2.28. The molecule has 3 aromatic rings. The topological polar surface area (TPSA) is 57.3 Å². The zero-order valence-corrected chi connectivity index (χ0v) is 15.5. The molecule has 0 atom stereocenters. The fourth-order valence-electron chi connectivity index (χ4n) is 2.21. The summed E-state index contributed by atoms with van der Waals surface area (Å²) in [7, 11) is 0. The molecule has 0 amide bonds. The molecule has 0 saturated heterocycles. The van der Waals surface area contributed by atoms with Crippen LogP contribution in [0.2, 0.25) is 10.0 Å². The molecule has 0 aliphatic heterocycles. The first-order valence-corrected chi connectivity index (χ1v) is 8.73. The molecule has 134 valence electrons. The summed E-state index contributed by atoms with van der Waals surface area (Å²) < 4.78 is 12.9. The van der Waals surface area contributed by atoms with Gasteiger partial charge in [0.2, 0.25) is 5.78 Å². The highest BCUT2D eigenvalue weighted by atomic mass is 35.5. The SMILES string of the molecule is CCn1ccc(C(=O)/C=C/c2ccc(COc3cc(Cl)ccc3Cl)o2)n1. The minimum Gasteiger partial charge on any atom is -0.484 e. The highest BCUT2D eigenvalue weighted by molar-refractivity contribution is 6.34. The van der Waals surface area contributed by atoms with Crippen LogP contribution in [-0.4, -0.2) is 15.6 Å². The van der Waals surface area contributed by atoms with Crippen LogP contribution in [0.5, 0.6) is 5.75 Å². The van der Waals surface area contributed by atoms with E-state index in [2.05, 4.69) is 5.10 Å². The van der Waals surface area contributed by atoms with E-state index in [1.807, 2.05) is 6.92 Å². The lowest BCUT2D eigenvalue weighted by atomic mass is 10.2. The summed E-state index contributed by atoms with van der Waals surface area (Å²) in [5, 5.41) is 5.18. The molecule has 0 radical (unpaired) electrons. The van der Waals surface area contributed by atoms with Crippen molar-refractivity contribution >= 4 is 35.1 Å². The van der Waals surface area contributed by atoms with Gasteiger partial charge in [-0.05, 0) is 49.4 Å². The van der Waals surface area contributed by atoms with Crippen molar-refractivity contribution < 1.29 is 13.9 Å². The summed E-state index contributed by atoms with van der Waals surface area (Å²) in [4.78, 5) is 12.1. The molecule has 26 heavy (non-hydrogen) atoms. The van der Waals surface area contributed by atoms with Crippen LogP contribution in [0.1, 0.15) is 28.9 Å². The number of carbonyl (C=O) groups is 1. The van der Waals surface area contributed by atoms with Crippen LogP contribution >= 0.6 is 23.2 Å². The van der Waals surface area contributed by atoms with E-state index in [0.717, 1.165) is 6.54 Å². The Morgan fingerprint density at radius 1 is 1.27 bits per heavy atom. The second kappa shape index (κ2) is 8.25. The first-order chi connectivity index (χ1) is 12.5. The quantitative estimate of drug-likeness (QED) is 0.406. The third-order valence-electron chi connectivity index (χ3n) is 3.56. The van der Waals surface area contributed by atoms with E-state index in [1.54, 1.807) is 53.4 Å². The van der Waals surface area contributed by atoms with Gasteiger partial charge in [0.1, 0.15) is 29.6 Å². The number of halogens is 2. The van der Waals surface area contributed by atoms with E-state index >= 15 is 0 Å². The average Bonchev–Trinajstić information content (AvgIpc) is 3.29. The molecule has 0 spiro atoms. The monoisotopic (exact) mass is 390 g/mol. The maximum atomic E-state index is 12.1. The molecule has 0 N–H and O–H groups in total. The number of aryl methyl sites for hydroxylation is 1. The number of allylic oxidation sites excluding steroid dienone is 1. The van der Waals surface area contributed by atoms with Crippen molar-refractivity contribution in [2.45, 2.75) is 20.1 Å². The third-order valence-corrected chi connectivity index (χ3v) is 4.11. The summed E-state index contributed by atoms with van der Waals surface area (Å²) in [5.74, 6) is 1.44. The fourth-order valence-corrected chi connectivity index (χ4v) is 2.54. The number of aromatic nitrogens is 2. The minimum absolute atomic E-state index is 0.183. The number of carbonyl (C=O) groups excluding carboxylic acids is 1. The Labute approximate surface area is 160 Å². The largest absolute Gasteiger partial charge is 0.484 e. The Balaban J connectivity index is 1.60. The maximum Gasteiger partial charge on any atom is 0.206 e. The third kappa shape index (κ3) is 4.56. The van der Waals surface area contributed by atoms with Crippen molar-refractivity contribution in [1.82, 2.24) is 9.78 Å². The van der Waals surface area contributed by atoms with Crippen LogP contribution in [0.25, 0.3) is 6.08 Å². The van der Waals surface area contributed by atoms with Crippen LogP contribution in [0, 0.1) is 0 Å². The van der Waals surface area contributed by atoms with Gasteiger partial charge in [0.25, 0.3) is 0 Å². The lowest BCUT2D eigenvalue weighted by Gasteiger charge is -2.06. The smallest absolute Gasteiger partial charge is 0.206 e. The van der Waals surface area contributed by atoms with E-state index < -0.39 is 0 Å². The van der Waals surface area contributed by atoms with Gasteiger partial charge < -0.3 is 9.15 Å². The average molecular weight is 391 g/mol. The van der Waals surface area contributed by atoms with Gasteiger partial charge in [-0.3, -0.25) is 9.48 Å². The summed E-state index contributed by atoms with van der Waals surface area (Å²) in [6.07, 6.45) is 4.80. The lowest BCUT2D eigenvalue weighted by Crippen LogP contribution is -1.99. The van der Waals surface area contributed by atoms with Gasteiger partial charge in [0, 0.05) is 23.8 Å². The Morgan fingerprint density at radius 2 is 2.12 bits per heavy atom. The Morgan fingerprint density at radius 3 is 2.88 bits per heavy atom. The molecule has 0 aliphatic rings. The number of furan rings is 1. The Hall–Kier alpha value is -2.50. The molecule has 0 unspecified atom stereocenters. The number of nitrogens with zero attached hydrogens (tertiary/aromatic N) is 2. The fraction of sp³-hybridized carbons (Fsp3) is 0.158. The first kappa shape index (κ1) is 18.3. The second-order valence-electron chi connectivity index (χ2n) is 5.42. The van der Waals surface area contributed by atoms with Gasteiger partial charge in [0.15, 0.2) is 0 Å². The Bertz CT molecular complexity index is 944. The molecular formula is C19H16Cl2N2O3. The van der Waals surface area contributed by atoms with Crippen molar-refractivity contribution in [1.29, 1.82) is 0 Å².